The molecule has 1 aliphatic rings. The molecular formula is C16H20BrN3O2. The Hall–Kier alpha value is -1.40. The Morgan fingerprint density at radius 1 is 1.32 bits per heavy atom. The number of aryl methyl sites for hydroxylation is 1. The molecule has 6 heteroatoms. The van der Waals surface area contributed by atoms with Gasteiger partial charge in [-0.15, -0.1) is 0 Å². The lowest BCUT2D eigenvalue weighted by Gasteiger charge is -2.29. The minimum atomic E-state index is 0.00425. The quantitative estimate of drug-likeness (QED) is 0.767. The molecule has 22 heavy (non-hydrogen) atoms. The van der Waals surface area contributed by atoms with Crippen molar-refractivity contribution in [2.75, 3.05) is 31.2 Å². The molecule has 1 aliphatic heterocycles. The van der Waals surface area contributed by atoms with Crippen molar-refractivity contribution in [2.45, 2.75) is 18.7 Å². The Bertz CT molecular complexity index is 764. The summed E-state index contributed by atoms with van der Waals surface area (Å²) in [6.45, 7) is 6.93. The minimum absolute atomic E-state index is 0.00425. The van der Waals surface area contributed by atoms with Gasteiger partial charge in [-0.05, 0) is 31.0 Å². The number of halogens is 1. The van der Waals surface area contributed by atoms with Gasteiger partial charge >= 0.3 is 0 Å². The minimum Gasteiger partial charge on any atom is -0.378 e. The molecule has 1 aromatic carbocycles. The maximum atomic E-state index is 12.8. The number of alkyl halides is 1. The molecular weight excluding hydrogens is 346 g/mol. The number of benzene rings is 1. The van der Waals surface area contributed by atoms with Crippen LogP contribution in [0.1, 0.15) is 22.9 Å². The summed E-state index contributed by atoms with van der Waals surface area (Å²) in [6, 6.07) is 4.02. The summed E-state index contributed by atoms with van der Waals surface area (Å²) in [6.07, 6.45) is 0. The molecule has 0 N–H and O–H groups in total. The summed E-state index contributed by atoms with van der Waals surface area (Å²) in [5, 5.41) is 0.681. The van der Waals surface area contributed by atoms with E-state index in [-0.39, 0.29) is 10.4 Å². The molecule has 0 aliphatic carbocycles. The first-order valence-electron chi connectivity index (χ1n) is 7.47. The molecule has 0 spiro atoms. The lowest BCUT2D eigenvalue weighted by molar-refractivity contribution is 0.121. The summed E-state index contributed by atoms with van der Waals surface area (Å²) in [4.78, 5) is 19.9. The summed E-state index contributed by atoms with van der Waals surface area (Å²) < 4.78 is 7.04. The number of rotatable bonds is 2. The van der Waals surface area contributed by atoms with E-state index in [1.807, 2.05) is 13.0 Å². The van der Waals surface area contributed by atoms with Gasteiger partial charge in [0.15, 0.2) is 0 Å². The van der Waals surface area contributed by atoms with Gasteiger partial charge in [0.05, 0.1) is 24.1 Å². The van der Waals surface area contributed by atoms with Crippen molar-refractivity contribution in [1.29, 1.82) is 0 Å². The van der Waals surface area contributed by atoms with Gasteiger partial charge in [0.25, 0.3) is 5.56 Å². The zero-order chi connectivity index (χ0) is 15.9. The zero-order valence-corrected chi connectivity index (χ0v) is 14.7. The first kappa shape index (κ1) is 15.5. The predicted molar refractivity (Wildman–Crippen MR) is 92.1 cm³/mol. The second kappa shape index (κ2) is 6.01. The van der Waals surface area contributed by atoms with Gasteiger partial charge in [-0.1, -0.05) is 22.0 Å². The smallest absolute Gasteiger partial charge is 0.262 e. The number of fused-ring (bicyclic) bond motifs is 1. The summed E-state index contributed by atoms with van der Waals surface area (Å²) in [7, 11) is 1.79. The zero-order valence-electron chi connectivity index (χ0n) is 13.1. The van der Waals surface area contributed by atoms with E-state index in [0.717, 1.165) is 35.7 Å². The Morgan fingerprint density at radius 2 is 2.00 bits per heavy atom. The third-order valence-corrected chi connectivity index (χ3v) is 4.55. The molecule has 1 atom stereocenters. The van der Waals surface area contributed by atoms with E-state index in [9.17, 15) is 4.79 Å². The highest BCUT2D eigenvalue weighted by atomic mass is 79.9. The third kappa shape index (κ3) is 2.65. The van der Waals surface area contributed by atoms with Gasteiger partial charge in [-0.3, -0.25) is 9.36 Å². The molecule has 1 unspecified atom stereocenters. The van der Waals surface area contributed by atoms with Gasteiger partial charge in [0.1, 0.15) is 0 Å². The SMILES string of the molecule is Cc1cc(C(C)Br)c2nc(N3CCOCC3)n(C)c(=O)c2c1. The molecule has 1 saturated heterocycles. The van der Waals surface area contributed by atoms with Crippen molar-refractivity contribution < 1.29 is 4.74 Å². The Balaban J connectivity index is 2.27. The van der Waals surface area contributed by atoms with E-state index in [1.54, 1.807) is 11.6 Å². The average Bonchev–Trinajstić information content (AvgIpc) is 2.51. The third-order valence-electron chi connectivity index (χ3n) is 4.05. The highest BCUT2D eigenvalue weighted by Crippen LogP contribution is 2.29. The van der Waals surface area contributed by atoms with Crippen LogP contribution in [0.5, 0.6) is 0 Å². The number of ether oxygens (including phenoxy) is 1. The monoisotopic (exact) mass is 365 g/mol. The average molecular weight is 366 g/mol. The maximum absolute atomic E-state index is 12.8. The Morgan fingerprint density at radius 3 is 2.64 bits per heavy atom. The fourth-order valence-electron chi connectivity index (χ4n) is 2.89. The van der Waals surface area contributed by atoms with Crippen molar-refractivity contribution in [2.24, 2.45) is 7.05 Å². The Kier molecular flexibility index (Phi) is 4.23. The first-order valence-corrected chi connectivity index (χ1v) is 8.38. The van der Waals surface area contributed by atoms with Crippen LogP contribution in [0.3, 0.4) is 0 Å². The Labute approximate surface area is 138 Å². The van der Waals surface area contributed by atoms with Gasteiger partial charge in [-0.25, -0.2) is 4.98 Å². The number of anilines is 1. The molecule has 0 bridgehead atoms. The number of hydrogen-bond acceptors (Lipinski definition) is 4. The molecule has 0 amide bonds. The van der Waals surface area contributed by atoms with E-state index in [0.29, 0.717) is 18.6 Å². The van der Waals surface area contributed by atoms with Crippen molar-refractivity contribution in [3.05, 3.63) is 33.6 Å². The van der Waals surface area contributed by atoms with E-state index in [4.69, 9.17) is 9.72 Å². The largest absolute Gasteiger partial charge is 0.378 e. The second-order valence-corrected chi connectivity index (χ2v) is 7.12. The van der Waals surface area contributed by atoms with E-state index in [2.05, 4.69) is 33.8 Å². The highest BCUT2D eigenvalue weighted by molar-refractivity contribution is 9.09. The topological polar surface area (TPSA) is 47.4 Å². The van der Waals surface area contributed by atoms with Crippen LogP contribution < -0.4 is 10.5 Å². The second-order valence-electron chi connectivity index (χ2n) is 5.74. The molecule has 118 valence electrons. The summed E-state index contributed by atoms with van der Waals surface area (Å²) in [5.74, 6) is 0.721. The van der Waals surface area contributed by atoms with Gasteiger partial charge in [0.2, 0.25) is 5.95 Å². The van der Waals surface area contributed by atoms with Crippen LogP contribution in [0.15, 0.2) is 16.9 Å². The van der Waals surface area contributed by atoms with E-state index >= 15 is 0 Å². The summed E-state index contributed by atoms with van der Waals surface area (Å²) in [5.41, 5.74) is 2.93. The van der Waals surface area contributed by atoms with Crippen LogP contribution in [-0.4, -0.2) is 35.9 Å². The number of morpholine rings is 1. The van der Waals surface area contributed by atoms with Crippen molar-refractivity contribution in [3.8, 4) is 0 Å². The standard InChI is InChI=1S/C16H20BrN3O2/c1-10-8-12(11(2)17)14-13(9-10)15(21)19(3)16(18-14)20-4-6-22-7-5-20/h8-9,11H,4-7H2,1-3H3. The molecule has 2 heterocycles. The molecule has 1 fully saturated rings. The number of nitrogens with zero attached hydrogens (tertiary/aromatic N) is 3. The molecule has 5 nitrogen and oxygen atoms in total. The normalized spacial score (nSPS) is 17.0. The lowest BCUT2D eigenvalue weighted by Crippen LogP contribution is -2.40. The highest BCUT2D eigenvalue weighted by Gasteiger charge is 2.20. The van der Waals surface area contributed by atoms with Crippen LogP contribution in [0, 0.1) is 6.92 Å². The van der Waals surface area contributed by atoms with Crippen LogP contribution in [0.2, 0.25) is 0 Å². The first-order chi connectivity index (χ1) is 10.5. The molecule has 0 radical (unpaired) electrons. The fraction of sp³-hybridized carbons (Fsp3) is 0.500. The molecule has 3 rings (SSSR count). The predicted octanol–water partition coefficient (Wildman–Crippen LogP) is 2.53. The maximum Gasteiger partial charge on any atom is 0.262 e. The van der Waals surface area contributed by atoms with E-state index in [1.165, 1.54) is 0 Å². The van der Waals surface area contributed by atoms with E-state index < -0.39 is 0 Å². The fourth-order valence-corrected chi connectivity index (χ4v) is 3.24. The van der Waals surface area contributed by atoms with Crippen molar-refractivity contribution in [1.82, 2.24) is 9.55 Å². The van der Waals surface area contributed by atoms with Crippen LogP contribution in [-0.2, 0) is 11.8 Å². The van der Waals surface area contributed by atoms with Crippen LogP contribution in [0.25, 0.3) is 10.9 Å². The van der Waals surface area contributed by atoms with Crippen molar-refractivity contribution in [3.63, 3.8) is 0 Å². The van der Waals surface area contributed by atoms with Crippen LogP contribution in [0.4, 0.5) is 5.95 Å². The molecule has 1 aromatic heterocycles. The van der Waals surface area contributed by atoms with Crippen LogP contribution >= 0.6 is 15.9 Å². The molecule has 2 aromatic rings. The summed E-state index contributed by atoms with van der Waals surface area (Å²) >= 11 is 3.62. The van der Waals surface area contributed by atoms with Crippen molar-refractivity contribution >= 4 is 32.8 Å². The molecule has 0 saturated carbocycles. The number of aromatic nitrogens is 2. The lowest BCUT2D eigenvalue weighted by atomic mass is 10.0. The van der Waals surface area contributed by atoms with Gasteiger partial charge in [0, 0.05) is 25.0 Å². The van der Waals surface area contributed by atoms with Gasteiger partial charge in [-0.2, -0.15) is 0 Å². The number of hydrogen-bond donors (Lipinski definition) is 0. The van der Waals surface area contributed by atoms with Gasteiger partial charge < -0.3 is 9.64 Å².